The van der Waals surface area contributed by atoms with Gasteiger partial charge in [0.15, 0.2) is 0 Å². The third-order valence-corrected chi connectivity index (χ3v) is 6.03. The Kier molecular flexibility index (Phi) is 2.93. The van der Waals surface area contributed by atoms with E-state index < -0.39 is 6.04 Å². The molecule has 0 radical (unpaired) electrons. The van der Waals surface area contributed by atoms with Crippen LogP contribution in [0.2, 0.25) is 0 Å². The fourth-order valence-electron chi connectivity index (χ4n) is 4.50. The average molecular weight is 340 g/mol. The molecule has 1 aromatic carbocycles. The first-order valence-electron chi connectivity index (χ1n) is 8.82. The number of carbonyl (C=O) groups excluding carboxylic acids is 3. The standard InChI is InChI=1S/C18H20N4O3/c23-15(12-4-2-10-1-3-11(10)5-12)21-18-6-13(7-18)22(9-18)16(24)14-8-19-17(25)20-14/h2,4-5,13-14H,1,3,6-9H2,(H,21,23)(H2,19,20,25)/t13?,14-,18?/m1/s1. The largest absolute Gasteiger partial charge is 0.345 e. The summed E-state index contributed by atoms with van der Waals surface area (Å²) in [6, 6.07) is 5.29. The van der Waals surface area contributed by atoms with E-state index >= 15 is 0 Å². The van der Waals surface area contributed by atoms with Gasteiger partial charge in [-0.1, -0.05) is 6.07 Å². The number of nitrogens with zero attached hydrogens (tertiary/aromatic N) is 1. The van der Waals surface area contributed by atoms with Gasteiger partial charge in [-0.05, 0) is 48.9 Å². The second kappa shape index (κ2) is 4.97. The van der Waals surface area contributed by atoms with Crippen LogP contribution in [0.25, 0.3) is 0 Å². The molecule has 0 unspecified atom stereocenters. The zero-order valence-corrected chi connectivity index (χ0v) is 13.8. The lowest BCUT2D eigenvalue weighted by atomic mass is 9.77. The van der Waals surface area contributed by atoms with Gasteiger partial charge in [0, 0.05) is 24.7 Å². The van der Waals surface area contributed by atoms with Crippen LogP contribution in [0.1, 0.15) is 34.3 Å². The highest BCUT2D eigenvalue weighted by Gasteiger charge is 2.58. The highest BCUT2D eigenvalue weighted by molar-refractivity contribution is 5.96. The summed E-state index contributed by atoms with van der Waals surface area (Å²) >= 11 is 0. The molecule has 1 aromatic rings. The van der Waals surface area contributed by atoms with Crippen LogP contribution in [0.4, 0.5) is 4.79 Å². The summed E-state index contributed by atoms with van der Waals surface area (Å²) in [6.45, 7) is 0.856. The van der Waals surface area contributed by atoms with Gasteiger partial charge >= 0.3 is 6.03 Å². The highest BCUT2D eigenvalue weighted by atomic mass is 16.2. The minimum absolute atomic E-state index is 0.0571. The summed E-state index contributed by atoms with van der Waals surface area (Å²) < 4.78 is 0. The minimum atomic E-state index is -0.493. The van der Waals surface area contributed by atoms with E-state index in [1.807, 2.05) is 23.1 Å². The number of urea groups is 1. The van der Waals surface area contributed by atoms with Crippen molar-refractivity contribution in [1.29, 1.82) is 0 Å². The molecule has 0 spiro atoms. The third-order valence-electron chi connectivity index (χ3n) is 6.03. The van der Waals surface area contributed by atoms with Crippen molar-refractivity contribution in [2.45, 2.75) is 43.3 Å². The van der Waals surface area contributed by atoms with E-state index in [1.54, 1.807) is 0 Å². The molecule has 0 aromatic heterocycles. The molecule has 7 nitrogen and oxygen atoms in total. The molecule has 130 valence electrons. The first-order valence-corrected chi connectivity index (χ1v) is 8.82. The number of benzene rings is 1. The molecule has 2 bridgehead atoms. The van der Waals surface area contributed by atoms with Gasteiger partial charge in [0.2, 0.25) is 5.91 Å². The van der Waals surface area contributed by atoms with Crippen LogP contribution >= 0.6 is 0 Å². The quantitative estimate of drug-likeness (QED) is 0.720. The SMILES string of the molecule is O=C1NC[C@H](C(=O)N2CC3(NC(=O)c4ccc5c(c4)CC5)CC2C3)N1. The molecule has 25 heavy (non-hydrogen) atoms. The molecule has 1 saturated carbocycles. The van der Waals surface area contributed by atoms with Gasteiger partial charge < -0.3 is 20.9 Å². The van der Waals surface area contributed by atoms with Crippen LogP contribution < -0.4 is 16.0 Å². The maximum absolute atomic E-state index is 12.6. The van der Waals surface area contributed by atoms with Crippen LogP contribution in [0.15, 0.2) is 18.2 Å². The molecule has 3 N–H and O–H groups in total. The van der Waals surface area contributed by atoms with Gasteiger partial charge in [0.25, 0.3) is 5.91 Å². The van der Waals surface area contributed by atoms with Crippen LogP contribution in [0.3, 0.4) is 0 Å². The van der Waals surface area contributed by atoms with E-state index in [9.17, 15) is 14.4 Å². The van der Waals surface area contributed by atoms with E-state index in [2.05, 4.69) is 16.0 Å². The molecule has 2 aliphatic carbocycles. The summed E-state index contributed by atoms with van der Waals surface area (Å²) in [5.74, 6) is -0.115. The number of carbonyl (C=O) groups is 3. The van der Waals surface area contributed by atoms with Gasteiger partial charge in [-0.25, -0.2) is 4.79 Å². The van der Waals surface area contributed by atoms with Crippen molar-refractivity contribution in [1.82, 2.24) is 20.9 Å². The van der Waals surface area contributed by atoms with Crippen molar-refractivity contribution >= 4 is 17.8 Å². The number of amides is 4. The predicted molar refractivity (Wildman–Crippen MR) is 89.1 cm³/mol. The number of nitrogens with one attached hydrogen (secondary N) is 3. The minimum Gasteiger partial charge on any atom is -0.345 e. The number of fused-ring (bicyclic) bond motifs is 2. The lowest BCUT2D eigenvalue weighted by Gasteiger charge is -2.37. The summed E-state index contributed by atoms with van der Waals surface area (Å²) in [7, 11) is 0. The Hall–Kier alpha value is -2.57. The van der Waals surface area contributed by atoms with Crippen molar-refractivity contribution in [3.8, 4) is 0 Å². The fourth-order valence-corrected chi connectivity index (χ4v) is 4.50. The highest BCUT2D eigenvalue weighted by Crippen LogP contribution is 2.45. The first-order chi connectivity index (χ1) is 12.0. The number of rotatable bonds is 3. The topological polar surface area (TPSA) is 90.5 Å². The molecule has 6 rings (SSSR count). The zero-order chi connectivity index (χ0) is 17.2. The third kappa shape index (κ3) is 2.22. The molecule has 3 aliphatic heterocycles. The number of hydrogen-bond donors (Lipinski definition) is 3. The molecular weight excluding hydrogens is 320 g/mol. The lowest BCUT2D eigenvalue weighted by Crippen LogP contribution is -2.55. The second-order valence-electron chi connectivity index (χ2n) is 7.65. The normalized spacial score (nSPS) is 31.4. The monoisotopic (exact) mass is 340 g/mol. The molecule has 1 atom stereocenters. The summed E-state index contributed by atoms with van der Waals surface area (Å²) in [6.07, 6.45) is 3.74. The van der Waals surface area contributed by atoms with E-state index in [1.165, 1.54) is 11.1 Å². The lowest BCUT2D eigenvalue weighted by molar-refractivity contribution is -0.132. The Morgan fingerprint density at radius 2 is 2.00 bits per heavy atom. The van der Waals surface area contributed by atoms with E-state index in [0.717, 1.165) is 25.7 Å². The first kappa shape index (κ1) is 14.7. The van der Waals surface area contributed by atoms with Gasteiger partial charge in [-0.15, -0.1) is 0 Å². The molecule has 3 saturated heterocycles. The van der Waals surface area contributed by atoms with E-state index in [4.69, 9.17) is 0 Å². The van der Waals surface area contributed by atoms with E-state index in [0.29, 0.717) is 18.7 Å². The van der Waals surface area contributed by atoms with Crippen LogP contribution in [-0.4, -0.2) is 53.5 Å². The number of hydrogen-bond acceptors (Lipinski definition) is 3. The van der Waals surface area contributed by atoms with Crippen LogP contribution in [-0.2, 0) is 17.6 Å². The molecule has 4 amide bonds. The van der Waals surface area contributed by atoms with Gasteiger partial charge in [0.1, 0.15) is 6.04 Å². The van der Waals surface area contributed by atoms with Crippen LogP contribution in [0, 0.1) is 0 Å². The molecule has 7 heteroatoms. The molecule has 4 fully saturated rings. The smallest absolute Gasteiger partial charge is 0.315 e. The van der Waals surface area contributed by atoms with Crippen molar-refractivity contribution in [3.63, 3.8) is 0 Å². The summed E-state index contributed by atoms with van der Waals surface area (Å²) in [4.78, 5) is 38.2. The Labute approximate surface area is 145 Å². The van der Waals surface area contributed by atoms with Crippen molar-refractivity contribution in [2.75, 3.05) is 13.1 Å². The summed E-state index contributed by atoms with van der Waals surface area (Å²) in [5.41, 5.74) is 3.00. The van der Waals surface area contributed by atoms with Gasteiger partial charge in [-0.2, -0.15) is 0 Å². The van der Waals surface area contributed by atoms with Crippen molar-refractivity contribution < 1.29 is 14.4 Å². The Morgan fingerprint density at radius 1 is 1.20 bits per heavy atom. The number of aryl methyl sites for hydroxylation is 2. The maximum atomic E-state index is 12.6. The maximum Gasteiger partial charge on any atom is 0.315 e. The predicted octanol–water partition coefficient (Wildman–Crippen LogP) is -0.0602. The van der Waals surface area contributed by atoms with Crippen molar-refractivity contribution in [2.24, 2.45) is 0 Å². The Bertz CT molecular complexity index is 800. The van der Waals surface area contributed by atoms with E-state index in [-0.39, 0.29) is 29.4 Å². The second-order valence-corrected chi connectivity index (χ2v) is 7.65. The van der Waals surface area contributed by atoms with Gasteiger partial charge in [-0.3, -0.25) is 9.59 Å². The molecule has 5 aliphatic rings. The fraction of sp³-hybridized carbons (Fsp3) is 0.500. The van der Waals surface area contributed by atoms with Crippen molar-refractivity contribution in [3.05, 3.63) is 34.9 Å². The average Bonchev–Trinajstić information content (AvgIpc) is 3.20. The molecule has 3 heterocycles. The zero-order valence-electron chi connectivity index (χ0n) is 13.8. The summed E-state index contributed by atoms with van der Waals surface area (Å²) in [5, 5.41) is 8.41. The van der Waals surface area contributed by atoms with Crippen LogP contribution in [0.5, 0.6) is 0 Å². The molecular formula is C18H20N4O3. The Morgan fingerprint density at radius 3 is 2.64 bits per heavy atom. The Balaban J connectivity index is 1.25. The van der Waals surface area contributed by atoms with Gasteiger partial charge in [0.05, 0.1) is 5.54 Å².